The molecule has 1 aromatic rings. The summed E-state index contributed by atoms with van der Waals surface area (Å²) >= 11 is 1.06. The minimum atomic E-state index is -3.68. The molecule has 1 saturated heterocycles. The standard InChI is InChI=1S/C12H18N2O4S2/c1-18-12(15)11-10(5-7-19-11)20(16,17)14-8-9-4-2-3-6-13-9/h5,7,9,13-14H,2-4,6,8H2,1H3. The first-order valence-electron chi connectivity index (χ1n) is 6.43. The Morgan fingerprint density at radius 3 is 3.00 bits per heavy atom. The molecule has 0 saturated carbocycles. The maximum Gasteiger partial charge on any atom is 0.349 e. The quantitative estimate of drug-likeness (QED) is 0.790. The molecule has 6 nitrogen and oxygen atoms in total. The maximum absolute atomic E-state index is 12.2. The van der Waals surface area contributed by atoms with Crippen LogP contribution in [0.25, 0.3) is 0 Å². The van der Waals surface area contributed by atoms with Gasteiger partial charge >= 0.3 is 5.97 Å². The van der Waals surface area contributed by atoms with Crippen LogP contribution in [0.1, 0.15) is 28.9 Å². The highest BCUT2D eigenvalue weighted by Gasteiger charge is 2.25. The van der Waals surface area contributed by atoms with E-state index >= 15 is 0 Å². The van der Waals surface area contributed by atoms with E-state index in [1.165, 1.54) is 13.2 Å². The summed E-state index contributed by atoms with van der Waals surface area (Å²) in [5.74, 6) is -0.629. The molecule has 2 heterocycles. The van der Waals surface area contributed by atoms with Crippen LogP contribution in [-0.4, -0.2) is 40.6 Å². The topological polar surface area (TPSA) is 84.5 Å². The number of hydrogen-bond donors (Lipinski definition) is 2. The van der Waals surface area contributed by atoms with E-state index in [1.54, 1.807) is 5.38 Å². The van der Waals surface area contributed by atoms with E-state index in [-0.39, 0.29) is 15.8 Å². The van der Waals surface area contributed by atoms with Crippen molar-refractivity contribution in [1.82, 2.24) is 10.0 Å². The molecule has 20 heavy (non-hydrogen) atoms. The predicted molar refractivity (Wildman–Crippen MR) is 76.5 cm³/mol. The van der Waals surface area contributed by atoms with E-state index in [0.717, 1.165) is 37.1 Å². The van der Waals surface area contributed by atoms with Crippen LogP contribution in [0.4, 0.5) is 0 Å². The number of rotatable bonds is 5. The second-order valence-electron chi connectivity index (χ2n) is 4.60. The van der Waals surface area contributed by atoms with Gasteiger partial charge in [0.15, 0.2) is 0 Å². The summed E-state index contributed by atoms with van der Waals surface area (Å²) < 4.78 is 31.6. The fourth-order valence-electron chi connectivity index (χ4n) is 2.14. The third-order valence-electron chi connectivity index (χ3n) is 3.22. The van der Waals surface area contributed by atoms with Gasteiger partial charge < -0.3 is 10.1 Å². The molecule has 2 rings (SSSR count). The Balaban J connectivity index is 2.06. The molecule has 1 aliphatic rings. The monoisotopic (exact) mass is 318 g/mol. The van der Waals surface area contributed by atoms with Gasteiger partial charge in [-0.2, -0.15) is 0 Å². The Morgan fingerprint density at radius 1 is 1.55 bits per heavy atom. The zero-order chi connectivity index (χ0) is 14.6. The third-order valence-corrected chi connectivity index (χ3v) is 5.71. The molecule has 1 atom stereocenters. The van der Waals surface area contributed by atoms with Crippen molar-refractivity contribution in [2.75, 3.05) is 20.2 Å². The molecule has 0 bridgehead atoms. The summed E-state index contributed by atoms with van der Waals surface area (Å²) in [5, 5.41) is 4.84. The number of nitrogens with one attached hydrogen (secondary N) is 2. The lowest BCUT2D eigenvalue weighted by atomic mass is 10.1. The lowest BCUT2D eigenvalue weighted by Gasteiger charge is -2.23. The second kappa shape index (κ2) is 6.66. The minimum Gasteiger partial charge on any atom is -0.465 e. The first-order chi connectivity index (χ1) is 9.54. The summed E-state index contributed by atoms with van der Waals surface area (Å²) in [6.07, 6.45) is 3.18. The van der Waals surface area contributed by atoms with Crippen LogP contribution in [0.5, 0.6) is 0 Å². The number of carbonyl (C=O) groups excluding carboxylic acids is 1. The lowest BCUT2D eigenvalue weighted by Crippen LogP contribution is -2.43. The molecule has 2 N–H and O–H groups in total. The highest BCUT2D eigenvalue weighted by atomic mass is 32.2. The SMILES string of the molecule is COC(=O)c1sccc1S(=O)(=O)NCC1CCCCN1. The normalized spacial score (nSPS) is 19.8. The van der Waals surface area contributed by atoms with Crippen molar-refractivity contribution in [2.45, 2.75) is 30.2 Å². The Bertz CT molecular complexity index is 562. The van der Waals surface area contributed by atoms with E-state index in [1.807, 2.05) is 0 Å². The highest BCUT2D eigenvalue weighted by molar-refractivity contribution is 7.89. The second-order valence-corrected chi connectivity index (χ2v) is 7.26. The van der Waals surface area contributed by atoms with Gasteiger partial charge in [-0.15, -0.1) is 11.3 Å². The molecule has 1 unspecified atom stereocenters. The van der Waals surface area contributed by atoms with Crippen LogP contribution < -0.4 is 10.0 Å². The van der Waals surface area contributed by atoms with Crippen molar-refractivity contribution in [1.29, 1.82) is 0 Å². The van der Waals surface area contributed by atoms with Crippen LogP contribution in [0, 0.1) is 0 Å². The Morgan fingerprint density at radius 2 is 2.35 bits per heavy atom. The minimum absolute atomic E-state index is 0.00911. The summed E-state index contributed by atoms with van der Waals surface area (Å²) in [6, 6.07) is 1.58. The van der Waals surface area contributed by atoms with Gasteiger partial charge in [-0.05, 0) is 30.8 Å². The Labute approximate surface area is 122 Å². The Kier molecular flexibility index (Phi) is 5.14. The average Bonchev–Trinajstić information content (AvgIpc) is 2.96. The number of thiophene rings is 1. The van der Waals surface area contributed by atoms with E-state index in [9.17, 15) is 13.2 Å². The fraction of sp³-hybridized carbons (Fsp3) is 0.583. The molecule has 0 amide bonds. The summed E-state index contributed by atoms with van der Waals surface area (Å²) in [6.45, 7) is 1.25. The molecule has 8 heteroatoms. The van der Waals surface area contributed by atoms with Crippen molar-refractivity contribution >= 4 is 27.3 Å². The number of ether oxygens (including phenoxy) is 1. The van der Waals surface area contributed by atoms with Gasteiger partial charge in [0.25, 0.3) is 0 Å². The molecule has 0 aliphatic carbocycles. The van der Waals surface area contributed by atoms with E-state index < -0.39 is 16.0 Å². The van der Waals surface area contributed by atoms with Crippen molar-refractivity contribution in [3.63, 3.8) is 0 Å². The number of methoxy groups -OCH3 is 1. The van der Waals surface area contributed by atoms with Gasteiger partial charge in [0.05, 0.1) is 7.11 Å². The zero-order valence-corrected chi connectivity index (χ0v) is 12.9. The van der Waals surface area contributed by atoms with Crippen molar-refractivity contribution in [2.24, 2.45) is 0 Å². The summed E-state index contributed by atoms with van der Waals surface area (Å²) in [5.41, 5.74) is 0. The molecular weight excluding hydrogens is 300 g/mol. The number of esters is 1. The van der Waals surface area contributed by atoms with Crippen molar-refractivity contribution in [3.05, 3.63) is 16.3 Å². The molecule has 0 aromatic carbocycles. The molecule has 1 aliphatic heterocycles. The van der Waals surface area contributed by atoms with Gasteiger partial charge in [-0.3, -0.25) is 0 Å². The van der Waals surface area contributed by atoms with Crippen LogP contribution in [-0.2, 0) is 14.8 Å². The number of sulfonamides is 1. The highest BCUT2D eigenvalue weighted by Crippen LogP contribution is 2.22. The first kappa shape index (κ1) is 15.4. The maximum atomic E-state index is 12.2. The predicted octanol–water partition coefficient (Wildman–Crippen LogP) is 0.955. The van der Waals surface area contributed by atoms with Crippen molar-refractivity contribution < 1.29 is 17.9 Å². The van der Waals surface area contributed by atoms with Gasteiger partial charge in [-0.1, -0.05) is 6.42 Å². The lowest BCUT2D eigenvalue weighted by molar-refractivity contribution is 0.0602. The average molecular weight is 318 g/mol. The van der Waals surface area contributed by atoms with Gasteiger partial charge in [0, 0.05) is 12.6 Å². The van der Waals surface area contributed by atoms with E-state index in [0.29, 0.717) is 6.54 Å². The molecule has 0 radical (unpaired) electrons. The molecule has 1 aromatic heterocycles. The number of carbonyl (C=O) groups is 1. The molecule has 112 valence electrons. The summed E-state index contributed by atoms with van der Waals surface area (Å²) in [7, 11) is -2.45. The van der Waals surface area contributed by atoms with E-state index in [4.69, 9.17) is 0 Å². The molecular formula is C12H18N2O4S2. The third kappa shape index (κ3) is 3.57. The van der Waals surface area contributed by atoms with Gasteiger partial charge in [-0.25, -0.2) is 17.9 Å². The van der Waals surface area contributed by atoms with Crippen LogP contribution in [0.2, 0.25) is 0 Å². The largest absolute Gasteiger partial charge is 0.465 e. The van der Waals surface area contributed by atoms with Gasteiger partial charge in [0.2, 0.25) is 10.0 Å². The van der Waals surface area contributed by atoms with E-state index in [2.05, 4.69) is 14.8 Å². The molecule has 1 fully saturated rings. The molecule has 0 spiro atoms. The number of piperidine rings is 1. The van der Waals surface area contributed by atoms with Crippen molar-refractivity contribution in [3.8, 4) is 0 Å². The van der Waals surface area contributed by atoms with Crippen LogP contribution in [0.15, 0.2) is 16.3 Å². The zero-order valence-electron chi connectivity index (χ0n) is 11.2. The first-order valence-corrected chi connectivity index (χ1v) is 8.80. The van der Waals surface area contributed by atoms with Crippen LogP contribution in [0.3, 0.4) is 0 Å². The smallest absolute Gasteiger partial charge is 0.349 e. The van der Waals surface area contributed by atoms with Crippen LogP contribution >= 0.6 is 11.3 Å². The fourth-order valence-corrected chi connectivity index (χ4v) is 4.55. The van der Waals surface area contributed by atoms with Gasteiger partial charge in [0.1, 0.15) is 9.77 Å². The summed E-state index contributed by atoms with van der Waals surface area (Å²) in [4.78, 5) is 11.6. The number of hydrogen-bond acceptors (Lipinski definition) is 6. The Hall–Kier alpha value is -0.960.